The maximum Gasteiger partial charge on any atom is 0.260 e. The second-order valence-electron chi connectivity index (χ2n) is 5.82. The van der Waals surface area contributed by atoms with Crippen molar-refractivity contribution in [3.8, 4) is 5.75 Å². The van der Waals surface area contributed by atoms with E-state index in [1.807, 2.05) is 32.0 Å². The van der Waals surface area contributed by atoms with Gasteiger partial charge < -0.3 is 14.7 Å². The number of hydrogen-bond donors (Lipinski definition) is 1. The zero-order valence-corrected chi connectivity index (χ0v) is 12.4. The van der Waals surface area contributed by atoms with Crippen molar-refractivity contribution in [3.05, 3.63) is 29.3 Å². The van der Waals surface area contributed by atoms with Gasteiger partial charge in [-0.2, -0.15) is 0 Å². The average Bonchev–Trinajstić information content (AvgIpc) is 2.37. The van der Waals surface area contributed by atoms with Crippen LogP contribution in [0.3, 0.4) is 0 Å². The number of amides is 1. The fourth-order valence-corrected chi connectivity index (χ4v) is 2.45. The monoisotopic (exact) mass is 277 g/mol. The van der Waals surface area contributed by atoms with Crippen molar-refractivity contribution in [2.75, 3.05) is 20.2 Å². The van der Waals surface area contributed by atoms with Crippen molar-refractivity contribution in [1.82, 2.24) is 4.90 Å². The summed E-state index contributed by atoms with van der Waals surface area (Å²) in [6.45, 7) is 4.74. The molecule has 4 nitrogen and oxygen atoms in total. The number of carbonyl (C=O) groups excluding carboxylic acids is 1. The molecule has 110 valence electrons. The molecule has 0 bridgehead atoms. The van der Waals surface area contributed by atoms with Crippen molar-refractivity contribution in [2.24, 2.45) is 5.92 Å². The Morgan fingerprint density at radius 2 is 2.10 bits per heavy atom. The van der Waals surface area contributed by atoms with Gasteiger partial charge in [-0.05, 0) is 49.8 Å². The van der Waals surface area contributed by atoms with E-state index in [1.54, 1.807) is 11.9 Å². The number of likely N-dealkylation sites (N-methyl/N-ethyl adjacent to an activating group) is 1. The van der Waals surface area contributed by atoms with Crippen LogP contribution >= 0.6 is 0 Å². The van der Waals surface area contributed by atoms with E-state index in [1.165, 1.54) is 0 Å². The molecule has 1 saturated carbocycles. The third-order valence-corrected chi connectivity index (χ3v) is 3.86. The smallest absolute Gasteiger partial charge is 0.260 e. The molecule has 0 radical (unpaired) electrons. The molecule has 1 aromatic rings. The molecular formula is C16H23NO3. The van der Waals surface area contributed by atoms with Crippen molar-refractivity contribution in [2.45, 2.75) is 32.8 Å². The molecule has 1 aliphatic carbocycles. The summed E-state index contributed by atoms with van der Waals surface area (Å²) in [6.07, 6.45) is 1.43. The van der Waals surface area contributed by atoms with Gasteiger partial charge in [0.25, 0.3) is 5.91 Å². The molecule has 0 aliphatic heterocycles. The molecule has 0 aromatic heterocycles. The number of rotatable bonds is 5. The molecule has 1 amide bonds. The lowest BCUT2D eigenvalue weighted by atomic mass is 9.82. The molecule has 1 aromatic carbocycles. The van der Waals surface area contributed by atoms with Crippen LogP contribution in [-0.4, -0.2) is 42.2 Å². The minimum absolute atomic E-state index is 0.0210. The molecule has 20 heavy (non-hydrogen) atoms. The van der Waals surface area contributed by atoms with Crippen LogP contribution in [0.5, 0.6) is 5.75 Å². The fraction of sp³-hybridized carbons (Fsp3) is 0.562. The fourth-order valence-electron chi connectivity index (χ4n) is 2.45. The average molecular weight is 277 g/mol. The second-order valence-corrected chi connectivity index (χ2v) is 5.82. The molecule has 0 unspecified atom stereocenters. The van der Waals surface area contributed by atoms with Gasteiger partial charge in [0.05, 0.1) is 6.10 Å². The highest BCUT2D eigenvalue weighted by Crippen LogP contribution is 2.27. The molecule has 2 rings (SSSR count). The van der Waals surface area contributed by atoms with Gasteiger partial charge in [0.2, 0.25) is 0 Å². The van der Waals surface area contributed by atoms with Crippen molar-refractivity contribution < 1.29 is 14.6 Å². The van der Waals surface area contributed by atoms with Gasteiger partial charge in [-0.1, -0.05) is 12.1 Å². The van der Waals surface area contributed by atoms with E-state index in [0.29, 0.717) is 12.5 Å². The Bertz CT molecular complexity index is 481. The van der Waals surface area contributed by atoms with Gasteiger partial charge in [-0.25, -0.2) is 0 Å². The van der Waals surface area contributed by atoms with Crippen molar-refractivity contribution >= 4 is 5.91 Å². The molecular weight excluding hydrogens is 254 g/mol. The van der Waals surface area contributed by atoms with Crippen LogP contribution in [0.4, 0.5) is 0 Å². The predicted molar refractivity (Wildman–Crippen MR) is 77.8 cm³/mol. The summed E-state index contributed by atoms with van der Waals surface area (Å²) in [5.74, 6) is 1.18. The van der Waals surface area contributed by atoms with Crippen LogP contribution < -0.4 is 4.74 Å². The summed E-state index contributed by atoms with van der Waals surface area (Å²) in [7, 11) is 1.79. The largest absolute Gasteiger partial charge is 0.483 e. The van der Waals surface area contributed by atoms with E-state index in [0.717, 1.165) is 29.7 Å². The summed E-state index contributed by atoms with van der Waals surface area (Å²) in [4.78, 5) is 13.7. The molecule has 0 atom stereocenters. The van der Waals surface area contributed by atoms with Crippen LogP contribution in [0.25, 0.3) is 0 Å². The second kappa shape index (κ2) is 6.27. The van der Waals surface area contributed by atoms with E-state index in [9.17, 15) is 9.90 Å². The highest BCUT2D eigenvalue weighted by atomic mass is 16.5. The summed E-state index contributed by atoms with van der Waals surface area (Å²) >= 11 is 0. The highest BCUT2D eigenvalue weighted by Gasteiger charge is 2.29. The Morgan fingerprint density at radius 1 is 1.40 bits per heavy atom. The lowest BCUT2D eigenvalue weighted by molar-refractivity contribution is -0.133. The lowest BCUT2D eigenvalue weighted by Gasteiger charge is -2.34. The van der Waals surface area contributed by atoms with E-state index >= 15 is 0 Å². The first kappa shape index (κ1) is 14.9. The topological polar surface area (TPSA) is 49.8 Å². The number of aryl methyl sites for hydroxylation is 2. The molecule has 1 fully saturated rings. The van der Waals surface area contributed by atoms with Crippen LogP contribution in [0.15, 0.2) is 18.2 Å². The van der Waals surface area contributed by atoms with Crippen LogP contribution in [0, 0.1) is 19.8 Å². The van der Waals surface area contributed by atoms with Crippen LogP contribution in [0.1, 0.15) is 24.0 Å². The van der Waals surface area contributed by atoms with Crippen molar-refractivity contribution in [3.63, 3.8) is 0 Å². The molecule has 0 heterocycles. The third-order valence-electron chi connectivity index (χ3n) is 3.86. The number of carbonyl (C=O) groups is 1. The van der Waals surface area contributed by atoms with E-state index in [2.05, 4.69) is 0 Å². The minimum Gasteiger partial charge on any atom is -0.483 e. The molecule has 0 spiro atoms. The Balaban J connectivity index is 1.80. The van der Waals surface area contributed by atoms with Gasteiger partial charge in [-0.15, -0.1) is 0 Å². The van der Waals surface area contributed by atoms with Crippen LogP contribution in [-0.2, 0) is 4.79 Å². The molecule has 1 aliphatic rings. The zero-order valence-electron chi connectivity index (χ0n) is 12.4. The van der Waals surface area contributed by atoms with Crippen LogP contribution in [0.2, 0.25) is 0 Å². The number of benzene rings is 1. The van der Waals surface area contributed by atoms with E-state index < -0.39 is 0 Å². The number of hydrogen-bond acceptors (Lipinski definition) is 3. The highest BCUT2D eigenvalue weighted by molar-refractivity contribution is 5.77. The number of ether oxygens (including phenoxy) is 1. The summed E-state index contributed by atoms with van der Waals surface area (Å²) in [5.41, 5.74) is 2.16. The van der Waals surface area contributed by atoms with Gasteiger partial charge in [0, 0.05) is 13.6 Å². The maximum absolute atomic E-state index is 12.0. The van der Waals surface area contributed by atoms with Gasteiger partial charge in [-0.3, -0.25) is 4.79 Å². The molecule has 1 N–H and O–H groups in total. The molecule has 0 saturated heterocycles. The summed E-state index contributed by atoms with van der Waals surface area (Å²) in [6, 6.07) is 5.97. The standard InChI is InChI=1S/C16H23NO3/c1-11-4-5-12(2)15(6-11)20-10-16(19)17(3)9-13-7-14(18)8-13/h4-6,13-14,18H,7-10H2,1-3H3. The Hall–Kier alpha value is -1.55. The normalized spacial score (nSPS) is 21.2. The first-order chi connectivity index (χ1) is 9.45. The Kier molecular flexibility index (Phi) is 4.65. The molecule has 4 heteroatoms. The van der Waals surface area contributed by atoms with E-state index in [-0.39, 0.29) is 18.6 Å². The number of aliphatic hydroxyl groups is 1. The van der Waals surface area contributed by atoms with Gasteiger partial charge >= 0.3 is 0 Å². The quantitative estimate of drug-likeness (QED) is 0.894. The van der Waals surface area contributed by atoms with Crippen molar-refractivity contribution in [1.29, 1.82) is 0 Å². The minimum atomic E-state index is -0.172. The summed E-state index contributed by atoms with van der Waals surface area (Å²) < 4.78 is 5.61. The van der Waals surface area contributed by atoms with Gasteiger partial charge in [0.1, 0.15) is 5.75 Å². The van der Waals surface area contributed by atoms with Gasteiger partial charge in [0.15, 0.2) is 6.61 Å². The summed E-state index contributed by atoms with van der Waals surface area (Å²) in [5, 5.41) is 9.25. The predicted octanol–water partition coefficient (Wildman–Crippen LogP) is 1.91. The Morgan fingerprint density at radius 3 is 2.75 bits per heavy atom. The Labute approximate surface area is 120 Å². The number of aliphatic hydroxyl groups excluding tert-OH is 1. The lowest BCUT2D eigenvalue weighted by Crippen LogP contribution is -2.41. The number of nitrogens with zero attached hydrogens (tertiary/aromatic N) is 1. The first-order valence-corrected chi connectivity index (χ1v) is 7.07. The first-order valence-electron chi connectivity index (χ1n) is 7.07. The third kappa shape index (κ3) is 3.73. The maximum atomic E-state index is 12.0. The van der Waals surface area contributed by atoms with E-state index in [4.69, 9.17) is 4.74 Å². The zero-order chi connectivity index (χ0) is 14.7. The SMILES string of the molecule is Cc1ccc(C)c(OCC(=O)N(C)CC2CC(O)C2)c1.